The molecule has 0 unspecified atom stereocenters. The third-order valence-corrected chi connectivity index (χ3v) is 2.83. The van der Waals surface area contributed by atoms with Gasteiger partial charge in [-0.3, -0.25) is 0 Å². The van der Waals surface area contributed by atoms with Crippen molar-refractivity contribution < 1.29 is 18.8 Å². The van der Waals surface area contributed by atoms with Crippen molar-refractivity contribution in [1.29, 1.82) is 0 Å². The van der Waals surface area contributed by atoms with Crippen molar-refractivity contribution in [2.75, 3.05) is 7.11 Å². The van der Waals surface area contributed by atoms with Gasteiger partial charge in [0.1, 0.15) is 7.05 Å². The lowest BCUT2D eigenvalue weighted by Crippen LogP contribution is -2.31. The number of ether oxygens (including phenoxy) is 1. The van der Waals surface area contributed by atoms with E-state index in [1.54, 1.807) is 18.4 Å². The fourth-order valence-electron chi connectivity index (χ4n) is 1.59. The second-order valence-corrected chi connectivity index (χ2v) is 4.04. The first kappa shape index (κ1) is 12.2. The number of phenolic OH excluding ortho intramolecular Hbond substituents is 1. The molecule has 0 atom stereocenters. The molecule has 2 aromatic rings. The quantitative estimate of drug-likeness (QED) is 0.845. The molecule has 0 aliphatic carbocycles. The Kier molecular flexibility index (Phi) is 3.37. The van der Waals surface area contributed by atoms with Crippen molar-refractivity contribution >= 4 is 12.2 Å². The zero-order valence-electron chi connectivity index (χ0n) is 10.7. The number of aryl methyl sites for hydroxylation is 1. The molecular weight excluding hydrogens is 230 g/mol. The number of methoxy groups -OCH3 is 1. The molecule has 1 heterocycles. The van der Waals surface area contributed by atoms with Gasteiger partial charge < -0.3 is 14.3 Å². The van der Waals surface area contributed by atoms with Gasteiger partial charge in [0.05, 0.1) is 13.2 Å². The summed E-state index contributed by atoms with van der Waals surface area (Å²) in [6.07, 6.45) is 5.48. The average Bonchev–Trinajstić information content (AvgIpc) is 2.69. The van der Waals surface area contributed by atoms with Gasteiger partial charge in [0, 0.05) is 6.92 Å². The van der Waals surface area contributed by atoms with Gasteiger partial charge in [-0.2, -0.15) is 4.57 Å². The average molecular weight is 246 g/mol. The summed E-state index contributed by atoms with van der Waals surface area (Å²) in [6, 6.07) is 5.18. The number of benzene rings is 1. The number of nitrogens with zero attached hydrogens (tertiary/aromatic N) is 1. The third kappa shape index (κ3) is 2.37. The van der Waals surface area contributed by atoms with E-state index in [9.17, 15) is 5.11 Å². The minimum atomic E-state index is 0.133. The van der Waals surface area contributed by atoms with Gasteiger partial charge in [0.2, 0.25) is 5.69 Å². The summed E-state index contributed by atoms with van der Waals surface area (Å²) < 4.78 is 12.4. The molecule has 1 N–H and O–H groups in total. The number of oxazole rings is 1. The Hall–Kier alpha value is -2.23. The van der Waals surface area contributed by atoms with E-state index < -0.39 is 0 Å². The summed E-state index contributed by atoms with van der Waals surface area (Å²) in [6.45, 7) is 1.98. The highest BCUT2D eigenvalue weighted by molar-refractivity contribution is 5.67. The Morgan fingerprint density at radius 1 is 1.33 bits per heavy atom. The third-order valence-electron chi connectivity index (χ3n) is 2.83. The number of hydrogen-bond acceptors (Lipinski definition) is 3. The minimum absolute atomic E-state index is 0.133. The molecule has 0 aliphatic heterocycles. The van der Waals surface area contributed by atoms with Crippen LogP contribution in [0, 0.1) is 6.92 Å². The minimum Gasteiger partial charge on any atom is -0.504 e. The van der Waals surface area contributed by atoms with Crippen LogP contribution in [0.5, 0.6) is 11.5 Å². The van der Waals surface area contributed by atoms with E-state index in [2.05, 4.69) is 0 Å². The molecule has 18 heavy (non-hydrogen) atoms. The van der Waals surface area contributed by atoms with Crippen LogP contribution in [0.15, 0.2) is 28.9 Å². The van der Waals surface area contributed by atoms with Crippen LogP contribution >= 0.6 is 0 Å². The normalized spacial score (nSPS) is 11.1. The standard InChI is InChI=1S/C14H15NO3/c1-10-9-18-14(15(10)2)7-5-11-4-6-12(16)13(8-11)17-3/h4-9H,1-3H3/p+1. The van der Waals surface area contributed by atoms with E-state index in [0.717, 1.165) is 17.1 Å². The van der Waals surface area contributed by atoms with Crippen LogP contribution in [0.2, 0.25) is 0 Å². The highest BCUT2D eigenvalue weighted by Gasteiger charge is 2.11. The van der Waals surface area contributed by atoms with Crippen LogP contribution in [0.25, 0.3) is 12.2 Å². The van der Waals surface area contributed by atoms with Crippen LogP contribution < -0.4 is 9.30 Å². The Bertz CT molecular complexity index is 585. The Morgan fingerprint density at radius 3 is 2.72 bits per heavy atom. The van der Waals surface area contributed by atoms with E-state index in [1.807, 2.05) is 36.8 Å². The lowest BCUT2D eigenvalue weighted by atomic mass is 10.2. The van der Waals surface area contributed by atoms with Crippen LogP contribution in [0.1, 0.15) is 17.1 Å². The van der Waals surface area contributed by atoms with Gasteiger partial charge >= 0.3 is 5.89 Å². The monoisotopic (exact) mass is 246 g/mol. The lowest BCUT2D eigenvalue weighted by Gasteiger charge is -2.03. The van der Waals surface area contributed by atoms with Gasteiger partial charge in [-0.05, 0) is 23.8 Å². The van der Waals surface area contributed by atoms with E-state index >= 15 is 0 Å². The molecule has 0 bridgehead atoms. The topological polar surface area (TPSA) is 46.5 Å². The summed E-state index contributed by atoms with van der Waals surface area (Å²) in [5.41, 5.74) is 1.98. The zero-order chi connectivity index (χ0) is 13.1. The van der Waals surface area contributed by atoms with E-state index in [-0.39, 0.29) is 5.75 Å². The van der Waals surface area contributed by atoms with Crippen LogP contribution in [-0.4, -0.2) is 12.2 Å². The van der Waals surface area contributed by atoms with Crippen molar-refractivity contribution in [2.24, 2.45) is 7.05 Å². The summed E-state index contributed by atoms with van der Waals surface area (Å²) in [7, 11) is 3.47. The fraction of sp³-hybridized carbons (Fsp3) is 0.214. The second kappa shape index (κ2) is 4.96. The van der Waals surface area contributed by atoms with Crippen LogP contribution in [-0.2, 0) is 7.05 Å². The van der Waals surface area contributed by atoms with Crippen molar-refractivity contribution in [3.63, 3.8) is 0 Å². The maximum Gasteiger partial charge on any atom is 0.372 e. The van der Waals surface area contributed by atoms with Gasteiger partial charge in [-0.25, -0.2) is 0 Å². The largest absolute Gasteiger partial charge is 0.504 e. The van der Waals surface area contributed by atoms with Crippen LogP contribution in [0.4, 0.5) is 0 Å². The number of phenols is 1. The smallest absolute Gasteiger partial charge is 0.372 e. The van der Waals surface area contributed by atoms with Crippen molar-refractivity contribution in [1.82, 2.24) is 0 Å². The predicted molar refractivity (Wildman–Crippen MR) is 68.2 cm³/mol. The molecule has 1 aromatic heterocycles. The van der Waals surface area contributed by atoms with Gasteiger partial charge in [-0.15, -0.1) is 0 Å². The lowest BCUT2D eigenvalue weighted by molar-refractivity contribution is -0.682. The van der Waals surface area contributed by atoms with Crippen molar-refractivity contribution in [2.45, 2.75) is 6.92 Å². The molecule has 0 spiro atoms. The van der Waals surface area contributed by atoms with Gasteiger partial charge in [0.25, 0.3) is 0 Å². The molecule has 0 fully saturated rings. The SMILES string of the molecule is COc1cc(C=Cc2occ(C)[n+]2C)ccc1O. The first-order valence-corrected chi connectivity index (χ1v) is 5.61. The Balaban J connectivity index is 2.26. The zero-order valence-corrected chi connectivity index (χ0v) is 10.7. The number of aromatic nitrogens is 1. The summed E-state index contributed by atoms with van der Waals surface area (Å²) in [5.74, 6) is 1.35. The van der Waals surface area contributed by atoms with Gasteiger partial charge in [-0.1, -0.05) is 6.07 Å². The molecule has 0 amide bonds. The highest BCUT2D eigenvalue weighted by atomic mass is 16.5. The fourth-order valence-corrected chi connectivity index (χ4v) is 1.59. The first-order chi connectivity index (χ1) is 8.61. The number of hydrogen-bond donors (Lipinski definition) is 1. The molecule has 94 valence electrons. The van der Waals surface area contributed by atoms with Crippen molar-refractivity contribution in [3.8, 4) is 11.5 Å². The van der Waals surface area contributed by atoms with Gasteiger partial charge in [0.15, 0.2) is 17.8 Å². The van der Waals surface area contributed by atoms with E-state index in [0.29, 0.717) is 5.75 Å². The molecule has 4 nitrogen and oxygen atoms in total. The molecule has 2 rings (SSSR count). The molecule has 0 radical (unpaired) electrons. The molecule has 0 saturated heterocycles. The first-order valence-electron chi connectivity index (χ1n) is 5.61. The van der Waals surface area contributed by atoms with E-state index in [4.69, 9.17) is 9.15 Å². The van der Waals surface area contributed by atoms with E-state index in [1.165, 1.54) is 7.11 Å². The Morgan fingerprint density at radius 2 is 2.11 bits per heavy atom. The molecule has 0 aliphatic rings. The second-order valence-electron chi connectivity index (χ2n) is 4.04. The maximum absolute atomic E-state index is 9.50. The molecule has 4 heteroatoms. The summed E-state index contributed by atoms with van der Waals surface area (Å²) in [4.78, 5) is 0. The number of aromatic hydroxyl groups is 1. The maximum atomic E-state index is 9.50. The number of rotatable bonds is 3. The molecule has 0 saturated carbocycles. The van der Waals surface area contributed by atoms with Crippen LogP contribution in [0.3, 0.4) is 0 Å². The Labute approximate surface area is 106 Å². The summed E-state index contributed by atoms with van der Waals surface area (Å²) >= 11 is 0. The molecular formula is C14H16NO3+. The van der Waals surface area contributed by atoms with Crippen molar-refractivity contribution in [3.05, 3.63) is 41.6 Å². The predicted octanol–water partition coefficient (Wildman–Crippen LogP) is 2.30. The summed E-state index contributed by atoms with van der Waals surface area (Å²) in [5, 5.41) is 9.50. The highest BCUT2D eigenvalue weighted by Crippen LogP contribution is 2.26. The molecule has 1 aromatic carbocycles.